The summed E-state index contributed by atoms with van der Waals surface area (Å²) >= 11 is 3.13. The highest BCUT2D eigenvalue weighted by Crippen LogP contribution is 2.26. The van der Waals surface area contributed by atoms with E-state index in [1.165, 1.54) is 11.3 Å². The van der Waals surface area contributed by atoms with Crippen LogP contribution in [-0.2, 0) is 0 Å². The summed E-state index contributed by atoms with van der Waals surface area (Å²) in [5.41, 5.74) is 0.976. The molecule has 0 unspecified atom stereocenters. The number of ether oxygens (including phenoxy) is 1. The van der Waals surface area contributed by atoms with Gasteiger partial charge in [0.25, 0.3) is 0 Å². The Hall–Kier alpha value is -1.27. The molecule has 0 atom stereocenters. The van der Waals surface area contributed by atoms with E-state index in [1.54, 1.807) is 18.9 Å². The summed E-state index contributed by atoms with van der Waals surface area (Å²) in [4.78, 5) is 0. The predicted molar refractivity (Wildman–Crippen MR) is 68.0 cm³/mol. The lowest BCUT2D eigenvalue weighted by Gasteiger charge is -2.03. The lowest BCUT2D eigenvalue weighted by atomic mass is 10.3. The van der Waals surface area contributed by atoms with Crippen molar-refractivity contribution in [3.05, 3.63) is 24.3 Å². The summed E-state index contributed by atoms with van der Waals surface area (Å²) in [5, 5.41) is 12.0. The fraction of sp³-hybridized carbons (Fsp3) is 0.200. The molecule has 84 valence electrons. The predicted octanol–water partition coefficient (Wildman–Crippen LogP) is 3.01. The number of aromatic nitrogens is 2. The van der Waals surface area contributed by atoms with E-state index in [-0.39, 0.29) is 0 Å². The first-order chi connectivity index (χ1) is 7.81. The maximum atomic E-state index is 5.08. The van der Waals surface area contributed by atoms with Gasteiger partial charge in [-0.05, 0) is 30.5 Å². The number of nitrogens with zero attached hydrogens (tertiary/aromatic N) is 2. The summed E-state index contributed by atoms with van der Waals surface area (Å²) in [6.07, 6.45) is 1.98. The molecule has 16 heavy (non-hydrogen) atoms. The zero-order chi connectivity index (χ0) is 11.4. The molecule has 0 saturated carbocycles. The number of rotatable bonds is 4. The van der Waals surface area contributed by atoms with Crippen LogP contribution in [0.25, 0.3) is 0 Å². The molecule has 1 N–H and O–H groups in total. The van der Waals surface area contributed by atoms with E-state index >= 15 is 0 Å². The summed E-state index contributed by atoms with van der Waals surface area (Å²) in [6.45, 7) is 0. The molecule has 1 aromatic carbocycles. The fourth-order valence-corrected chi connectivity index (χ4v) is 2.33. The minimum Gasteiger partial charge on any atom is -0.497 e. The first kappa shape index (κ1) is 11.2. The molecular weight excluding hydrogens is 242 g/mol. The molecule has 2 rings (SSSR count). The van der Waals surface area contributed by atoms with Crippen LogP contribution in [0, 0.1) is 0 Å². The first-order valence-corrected chi connectivity index (χ1v) is 6.64. The highest BCUT2D eigenvalue weighted by atomic mass is 32.2. The van der Waals surface area contributed by atoms with Crippen LogP contribution in [-0.4, -0.2) is 23.6 Å². The molecule has 0 bridgehead atoms. The molecule has 0 spiro atoms. The van der Waals surface area contributed by atoms with Gasteiger partial charge in [-0.25, -0.2) is 0 Å². The lowest BCUT2D eigenvalue weighted by Crippen LogP contribution is -1.89. The van der Waals surface area contributed by atoms with Crippen LogP contribution in [0.4, 0.5) is 10.8 Å². The molecule has 0 aliphatic carbocycles. The van der Waals surface area contributed by atoms with Gasteiger partial charge in [-0.15, -0.1) is 10.2 Å². The first-order valence-electron chi connectivity index (χ1n) is 4.60. The van der Waals surface area contributed by atoms with E-state index in [0.717, 1.165) is 20.9 Å². The fourth-order valence-electron chi connectivity index (χ4n) is 1.14. The second-order valence-electron chi connectivity index (χ2n) is 2.93. The summed E-state index contributed by atoms with van der Waals surface area (Å²) in [6, 6.07) is 7.69. The van der Waals surface area contributed by atoms with Gasteiger partial charge < -0.3 is 10.1 Å². The SMILES string of the molecule is COc1ccc(Nc2nnc(SC)s2)cc1. The van der Waals surface area contributed by atoms with Crippen LogP contribution in [0.1, 0.15) is 0 Å². The van der Waals surface area contributed by atoms with Crippen LogP contribution >= 0.6 is 23.1 Å². The number of nitrogens with one attached hydrogen (secondary N) is 1. The molecule has 4 nitrogen and oxygen atoms in total. The van der Waals surface area contributed by atoms with Crippen LogP contribution in [0.3, 0.4) is 0 Å². The standard InChI is InChI=1S/C10H11N3OS2/c1-14-8-5-3-7(4-6-8)11-9-12-13-10(15-2)16-9/h3-6H,1-2H3,(H,11,12). The van der Waals surface area contributed by atoms with Gasteiger partial charge >= 0.3 is 0 Å². The molecule has 1 aromatic heterocycles. The maximum Gasteiger partial charge on any atom is 0.210 e. The Bertz CT molecular complexity index is 455. The minimum atomic E-state index is 0.800. The summed E-state index contributed by atoms with van der Waals surface area (Å²) < 4.78 is 6.04. The third kappa shape index (κ3) is 2.65. The highest BCUT2D eigenvalue weighted by Gasteiger charge is 2.02. The Balaban J connectivity index is 2.08. The van der Waals surface area contributed by atoms with Gasteiger partial charge in [0, 0.05) is 5.69 Å². The van der Waals surface area contributed by atoms with E-state index < -0.39 is 0 Å². The summed E-state index contributed by atoms with van der Waals surface area (Å²) in [7, 11) is 1.65. The van der Waals surface area contributed by atoms with Crippen molar-refractivity contribution >= 4 is 33.9 Å². The molecule has 0 saturated heterocycles. The van der Waals surface area contributed by atoms with Crippen molar-refractivity contribution in [2.45, 2.75) is 4.34 Å². The molecule has 0 aliphatic rings. The van der Waals surface area contributed by atoms with Crippen LogP contribution in [0.2, 0.25) is 0 Å². The summed E-state index contributed by atoms with van der Waals surface area (Å²) in [5.74, 6) is 0.840. The van der Waals surface area contributed by atoms with Crippen LogP contribution in [0.5, 0.6) is 5.75 Å². The van der Waals surface area contributed by atoms with Crippen molar-refractivity contribution in [2.24, 2.45) is 0 Å². The van der Waals surface area contributed by atoms with Gasteiger partial charge in [0.2, 0.25) is 5.13 Å². The van der Waals surface area contributed by atoms with Crippen LogP contribution in [0.15, 0.2) is 28.6 Å². The average molecular weight is 253 g/mol. The Morgan fingerprint density at radius 3 is 2.56 bits per heavy atom. The Kier molecular flexibility index (Phi) is 3.63. The van der Waals surface area contributed by atoms with Crippen molar-refractivity contribution in [1.29, 1.82) is 0 Å². The normalized spacial score (nSPS) is 10.1. The third-order valence-electron chi connectivity index (χ3n) is 1.92. The number of hydrogen-bond donors (Lipinski definition) is 1. The van der Waals surface area contributed by atoms with E-state index in [1.807, 2.05) is 30.5 Å². The number of anilines is 2. The van der Waals surface area contributed by atoms with Gasteiger partial charge in [0.15, 0.2) is 4.34 Å². The quantitative estimate of drug-likeness (QED) is 0.849. The van der Waals surface area contributed by atoms with E-state index in [2.05, 4.69) is 15.5 Å². The number of thioether (sulfide) groups is 1. The van der Waals surface area contributed by atoms with Crippen molar-refractivity contribution in [2.75, 3.05) is 18.7 Å². The Morgan fingerprint density at radius 2 is 2.00 bits per heavy atom. The molecule has 2 aromatic rings. The minimum absolute atomic E-state index is 0.800. The molecule has 6 heteroatoms. The van der Waals surface area contributed by atoms with Gasteiger partial charge in [0.1, 0.15) is 5.75 Å². The van der Waals surface area contributed by atoms with E-state index in [0.29, 0.717) is 0 Å². The van der Waals surface area contributed by atoms with E-state index in [9.17, 15) is 0 Å². The molecule has 1 heterocycles. The van der Waals surface area contributed by atoms with Crippen molar-refractivity contribution in [3.8, 4) is 5.75 Å². The van der Waals surface area contributed by atoms with Gasteiger partial charge in [-0.2, -0.15) is 0 Å². The van der Waals surface area contributed by atoms with Crippen molar-refractivity contribution < 1.29 is 4.74 Å². The monoisotopic (exact) mass is 253 g/mol. The average Bonchev–Trinajstić information content (AvgIpc) is 2.78. The Labute approximate surface area is 102 Å². The van der Waals surface area contributed by atoms with Crippen molar-refractivity contribution in [1.82, 2.24) is 10.2 Å². The largest absolute Gasteiger partial charge is 0.497 e. The smallest absolute Gasteiger partial charge is 0.210 e. The maximum absolute atomic E-state index is 5.08. The van der Waals surface area contributed by atoms with Gasteiger partial charge in [-0.1, -0.05) is 23.1 Å². The van der Waals surface area contributed by atoms with Crippen LogP contribution < -0.4 is 10.1 Å². The molecule has 0 radical (unpaired) electrons. The molecular formula is C10H11N3OS2. The molecule has 0 aliphatic heterocycles. The second kappa shape index (κ2) is 5.18. The Morgan fingerprint density at radius 1 is 1.25 bits per heavy atom. The van der Waals surface area contributed by atoms with Crippen molar-refractivity contribution in [3.63, 3.8) is 0 Å². The number of methoxy groups -OCH3 is 1. The van der Waals surface area contributed by atoms with Gasteiger partial charge in [0.05, 0.1) is 7.11 Å². The number of benzene rings is 1. The van der Waals surface area contributed by atoms with Gasteiger partial charge in [-0.3, -0.25) is 0 Å². The highest BCUT2D eigenvalue weighted by molar-refractivity contribution is 8.00. The molecule has 0 amide bonds. The zero-order valence-corrected chi connectivity index (χ0v) is 10.6. The lowest BCUT2D eigenvalue weighted by molar-refractivity contribution is 0.415. The van der Waals surface area contributed by atoms with E-state index in [4.69, 9.17) is 4.74 Å². The second-order valence-corrected chi connectivity index (χ2v) is 4.96. The third-order valence-corrected chi connectivity index (χ3v) is 3.74. The topological polar surface area (TPSA) is 47.0 Å². The zero-order valence-electron chi connectivity index (χ0n) is 8.93. The number of hydrogen-bond acceptors (Lipinski definition) is 6. The molecule has 0 fully saturated rings.